The number of anilines is 2. The average Bonchev–Trinajstić information content (AvgIpc) is 2.78. The van der Waals surface area contributed by atoms with Crippen LogP contribution in [0, 0.1) is 13.8 Å². The molecule has 2 aromatic heterocycles. The number of furan rings is 1. The molecule has 114 valence electrons. The van der Waals surface area contributed by atoms with Crippen molar-refractivity contribution in [3.63, 3.8) is 0 Å². The normalized spacial score (nSPS) is 12.0. The van der Waals surface area contributed by atoms with Gasteiger partial charge in [-0.05, 0) is 33.8 Å². The Morgan fingerprint density at radius 2 is 2.00 bits per heavy atom. The van der Waals surface area contributed by atoms with Crippen LogP contribution in [0.15, 0.2) is 16.8 Å². The molecule has 2 rings (SSSR count). The second-order valence-electron chi connectivity index (χ2n) is 4.87. The molecule has 0 aliphatic heterocycles. The molecule has 0 saturated heterocycles. The molecule has 2 aromatic rings. The van der Waals surface area contributed by atoms with E-state index < -0.39 is 0 Å². The summed E-state index contributed by atoms with van der Waals surface area (Å²) in [5.41, 5.74) is 1.11. The fourth-order valence-electron chi connectivity index (χ4n) is 2.33. The van der Waals surface area contributed by atoms with Crippen molar-refractivity contribution >= 4 is 11.6 Å². The summed E-state index contributed by atoms with van der Waals surface area (Å²) in [6.07, 6.45) is 1.52. The van der Waals surface area contributed by atoms with Crippen LogP contribution in [0.3, 0.4) is 0 Å². The highest BCUT2D eigenvalue weighted by Crippen LogP contribution is 2.32. The molecule has 0 amide bonds. The third-order valence-electron chi connectivity index (χ3n) is 3.25. The predicted molar refractivity (Wildman–Crippen MR) is 83.0 cm³/mol. The SMILES string of the molecule is CCNc1ncnc(NC(C)c2cc(C)oc2C)c1OC. The van der Waals surface area contributed by atoms with Crippen molar-refractivity contribution in [2.24, 2.45) is 0 Å². The Balaban J connectivity index is 2.26. The molecule has 6 nitrogen and oxygen atoms in total. The first-order chi connectivity index (χ1) is 10.1. The minimum atomic E-state index is 0.0562. The largest absolute Gasteiger partial charge is 0.490 e. The molecule has 0 fully saturated rings. The minimum absolute atomic E-state index is 0.0562. The Labute approximate surface area is 124 Å². The lowest BCUT2D eigenvalue weighted by atomic mass is 10.1. The molecule has 6 heteroatoms. The van der Waals surface area contributed by atoms with Gasteiger partial charge in [0.1, 0.15) is 17.8 Å². The molecule has 0 spiro atoms. The van der Waals surface area contributed by atoms with E-state index in [0.717, 1.165) is 23.6 Å². The lowest BCUT2D eigenvalue weighted by Crippen LogP contribution is -2.11. The summed E-state index contributed by atoms with van der Waals surface area (Å²) in [6, 6.07) is 2.09. The molecular weight excluding hydrogens is 268 g/mol. The van der Waals surface area contributed by atoms with Gasteiger partial charge in [-0.1, -0.05) is 0 Å². The average molecular weight is 290 g/mol. The van der Waals surface area contributed by atoms with Gasteiger partial charge in [-0.25, -0.2) is 9.97 Å². The molecular formula is C15H22N4O2. The maximum atomic E-state index is 5.58. The first kappa shape index (κ1) is 15.2. The Hall–Kier alpha value is -2.24. The zero-order valence-electron chi connectivity index (χ0n) is 13.2. The van der Waals surface area contributed by atoms with Gasteiger partial charge in [-0.3, -0.25) is 0 Å². The van der Waals surface area contributed by atoms with Crippen molar-refractivity contribution in [1.82, 2.24) is 9.97 Å². The van der Waals surface area contributed by atoms with Crippen LogP contribution in [0.1, 0.15) is 37.0 Å². The molecule has 1 atom stereocenters. The molecule has 2 N–H and O–H groups in total. The van der Waals surface area contributed by atoms with Crippen LogP contribution >= 0.6 is 0 Å². The number of hydrogen-bond acceptors (Lipinski definition) is 6. The maximum Gasteiger partial charge on any atom is 0.204 e. The van der Waals surface area contributed by atoms with Gasteiger partial charge >= 0.3 is 0 Å². The van der Waals surface area contributed by atoms with Crippen LogP contribution in [0.2, 0.25) is 0 Å². The fraction of sp³-hybridized carbons (Fsp3) is 0.467. The number of nitrogens with zero attached hydrogens (tertiary/aromatic N) is 2. The zero-order valence-corrected chi connectivity index (χ0v) is 13.2. The van der Waals surface area contributed by atoms with Gasteiger partial charge in [0.15, 0.2) is 11.6 Å². The van der Waals surface area contributed by atoms with Crippen molar-refractivity contribution in [2.75, 3.05) is 24.3 Å². The predicted octanol–water partition coefficient (Wildman–Crippen LogP) is 3.30. The van der Waals surface area contributed by atoms with Crippen LogP contribution in [0.4, 0.5) is 11.6 Å². The maximum absolute atomic E-state index is 5.58. The van der Waals surface area contributed by atoms with Gasteiger partial charge in [0.25, 0.3) is 0 Å². The van der Waals surface area contributed by atoms with Gasteiger partial charge in [-0.15, -0.1) is 0 Å². The number of nitrogens with one attached hydrogen (secondary N) is 2. The molecule has 0 saturated carbocycles. The standard InChI is InChI=1S/C15H22N4O2/c1-6-16-14-13(20-5)15(18-8-17-14)19-10(3)12-7-9(2)21-11(12)4/h7-8,10H,6H2,1-5H3,(H2,16,17,18,19). The summed E-state index contributed by atoms with van der Waals surface area (Å²) >= 11 is 0. The van der Waals surface area contributed by atoms with Crippen LogP contribution in [-0.2, 0) is 0 Å². The molecule has 0 aliphatic rings. The monoisotopic (exact) mass is 290 g/mol. The quantitative estimate of drug-likeness (QED) is 0.850. The van der Waals surface area contributed by atoms with Crippen molar-refractivity contribution < 1.29 is 9.15 Å². The zero-order chi connectivity index (χ0) is 15.4. The van der Waals surface area contributed by atoms with E-state index >= 15 is 0 Å². The molecule has 1 unspecified atom stereocenters. The minimum Gasteiger partial charge on any atom is -0.490 e. The lowest BCUT2D eigenvalue weighted by Gasteiger charge is -2.17. The Bertz CT molecular complexity index is 610. The van der Waals surface area contributed by atoms with E-state index in [1.807, 2.05) is 26.8 Å². The van der Waals surface area contributed by atoms with E-state index in [9.17, 15) is 0 Å². The van der Waals surface area contributed by atoms with E-state index in [4.69, 9.17) is 9.15 Å². The topological polar surface area (TPSA) is 72.2 Å². The van der Waals surface area contributed by atoms with Gasteiger partial charge < -0.3 is 19.8 Å². The second kappa shape index (κ2) is 6.47. The van der Waals surface area contributed by atoms with Gasteiger partial charge in [0.05, 0.1) is 13.2 Å². The first-order valence-corrected chi connectivity index (χ1v) is 7.03. The second-order valence-corrected chi connectivity index (χ2v) is 4.87. The molecule has 0 aliphatic carbocycles. The Morgan fingerprint density at radius 3 is 2.57 bits per heavy atom. The molecule has 21 heavy (non-hydrogen) atoms. The van der Waals surface area contributed by atoms with E-state index in [-0.39, 0.29) is 6.04 Å². The van der Waals surface area contributed by atoms with Crippen LogP contribution in [0.25, 0.3) is 0 Å². The summed E-state index contributed by atoms with van der Waals surface area (Å²) in [7, 11) is 1.61. The van der Waals surface area contributed by atoms with Crippen LogP contribution < -0.4 is 15.4 Å². The van der Waals surface area contributed by atoms with Crippen molar-refractivity contribution in [3.05, 3.63) is 29.5 Å². The van der Waals surface area contributed by atoms with Crippen molar-refractivity contribution in [2.45, 2.75) is 33.7 Å². The number of ether oxygens (including phenoxy) is 1. The van der Waals surface area contributed by atoms with Crippen molar-refractivity contribution in [3.8, 4) is 5.75 Å². The summed E-state index contributed by atoms with van der Waals surface area (Å²) in [5.74, 6) is 3.77. The van der Waals surface area contributed by atoms with E-state index in [1.165, 1.54) is 6.33 Å². The van der Waals surface area contributed by atoms with Crippen LogP contribution in [0.5, 0.6) is 5.75 Å². The summed E-state index contributed by atoms with van der Waals surface area (Å²) in [5, 5.41) is 6.52. The fourth-order valence-corrected chi connectivity index (χ4v) is 2.33. The van der Waals surface area contributed by atoms with E-state index in [1.54, 1.807) is 7.11 Å². The highest BCUT2D eigenvalue weighted by atomic mass is 16.5. The number of aryl methyl sites for hydroxylation is 2. The van der Waals surface area contributed by atoms with Gasteiger partial charge in [-0.2, -0.15) is 0 Å². The summed E-state index contributed by atoms with van der Waals surface area (Å²) < 4.78 is 11.0. The molecule has 0 radical (unpaired) electrons. The smallest absolute Gasteiger partial charge is 0.204 e. The van der Waals surface area contributed by atoms with Crippen molar-refractivity contribution in [1.29, 1.82) is 0 Å². The summed E-state index contributed by atoms with van der Waals surface area (Å²) in [4.78, 5) is 8.47. The first-order valence-electron chi connectivity index (χ1n) is 7.03. The number of hydrogen-bond donors (Lipinski definition) is 2. The van der Waals surface area contributed by atoms with E-state index in [2.05, 4.69) is 27.5 Å². The lowest BCUT2D eigenvalue weighted by molar-refractivity contribution is 0.414. The summed E-state index contributed by atoms with van der Waals surface area (Å²) in [6.45, 7) is 8.74. The third-order valence-corrected chi connectivity index (χ3v) is 3.25. The Kier molecular flexibility index (Phi) is 4.67. The van der Waals surface area contributed by atoms with Crippen LogP contribution in [-0.4, -0.2) is 23.6 Å². The molecule has 2 heterocycles. The highest BCUT2D eigenvalue weighted by molar-refractivity contribution is 5.64. The number of rotatable bonds is 6. The van der Waals surface area contributed by atoms with E-state index in [0.29, 0.717) is 17.4 Å². The number of aromatic nitrogens is 2. The van der Waals surface area contributed by atoms with Gasteiger partial charge in [0.2, 0.25) is 5.75 Å². The number of methoxy groups -OCH3 is 1. The highest BCUT2D eigenvalue weighted by Gasteiger charge is 2.17. The van der Waals surface area contributed by atoms with Gasteiger partial charge in [0, 0.05) is 12.1 Å². The Morgan fingerprint density at radius 1 is 1.29 bits per heavy atom. The molecule has 0 aromatic carbocycles. The third kappa shape index (κ3) is 3.26. The molecule has 0 bridgehead atoms.